The van der Waals surface area contributed by atoms with E-state index in [9.17, 15) is 0 Å². The molecule has 0 aliphatic carbocycles. The molecule has 0 N–H and O–H groups in total. The molecule has 0 nitrogen and oxygen atoms in total. The molecular formula is C30H63Si3. The monoisotopic (exact) mass is 507 g/mol. The first kappa shape index (κ1) is 33.7. The van der Waals surface area contributed by atoms with Crippen LogP contribution in [0.3, 0.4) is 0 Å². The fourth-order valence-electron chi connectivity index (χ4n) is 5.35. The van der Waals surface area contributed by atoms with E-state index in [-0.39, 0.29) is 0 Å². The minimum Gasteiger partial charge on any atom is -0.0654 e. The van der Waals surface area contributed by atoms with Crippen molar-refractivity contribution in [2.24, 2.45) is 0 Å². The summed E-state index contributed by atoms with van der Waals surface area (Å²) >= 11 is 0. The van der Waals surface area contributed by atoms with Crippen molar-refractivity contribution in [1.29, 1.82) is 0 Å². The topological polar surface area (TPSA) is 0 Å². The number of hydrogen-bond acceptors (Lipinski definition) is 0. The van der Waals surface area contributed by atoms with Crippen molar-refractivity contribution in [1.82, 2.24) is 0 Å². The van der Waals surface area contributed by atoms with E-state index in [0.717, 1.165) is 8.55 Å². The summed E-state index contributed by atoms with van der Waals surface area (Å²) in [6.07, 6.45) is 35.3. The van der Waals surface area contributed by atoms with Gasteiger partial charge < -0.3 is 0 Å². The second-order valence-corrected chi connectivity index (χ2v) is 21.6. The van der Waals surface area contributed by atoms with Gasteiger partial charge in [0.2, 0.25) is 0 Å². The molecular weight excluding hydrogens is 445 g/mol. The van der Waals surface area contributed by atoms with Crippen molar-refractivity contribution in [3.05, 3.63) is 0 Å². The Hall–Kier alpha value is 0.651. The summed E-state index contributed by atoms with van der Waals surface area (Å²) in [6, 6.07) is 4.87. The van der Waals surface area contributed by atoms with E-state index < -0.39 is 7.59 Å². The Labute approximate surface area is 218 Å². The number of rotatable bonds is 28. The molecule has 0 spiro atoms. The zero-order valence-electron chi connectivity index (χ0n) is 23.6. The second kappa shape index (κ2) is 27.2. The van der Waals surface area contributed by atoms with Gasteiger partial charge in [0, 0.05) is 25.9 Å². The van der Waals surface area contributed by atoms with Gasteiger partial charge in [0.1, 0.15) is 0 Å². The standard InChI is InChI=1S/C30H63Si3/c1-4-7-10-13-16-19-22-25-28-33(32-31,29-26-23-20-17-14-11-8-5-2)30-27-24-21-18-15-12-9-6-3/h4-30H2,1-3H3. The minimum absolute atomic E-state index is 1.07. The van der Waals surface area contributed by atoms with Crippen LogP contribution in [0.5, 0.6) is 0 Å². The molecule has 0 saturated heterocycles. The molecule has 0 heterocycles. The zero-order valence-corrected chi connectivity index (χ0v) is 26.6. The van der Waals surface area contributed by atoms with Crippen LogP contribution in [-0.4, -0.2) is 25.9 Å². The van der Waals surface area contributed by atoms with Crippen LogP contribution >= 0.6 is 0 Å². The van der Waals surface area contributed by atoms with E-state index in [1.54, 1.807) is 18.1 Å². The molecule has 0 rings (SSSR count). The summed E-state index contributed by atoms with van der Waals surface area (Å²) < 4.78 is 0. The maximum atomic E-state index is 4.15. The third kappa shape index (κ3) is 22.8. The van der Waals surface area contributed by atoms with E-state index >= 15 is 0 Å². The smallest absolute Gasteiger partial charge is 0.0381 e. The molecule has 0 aromatic carbocycles. The van der Waals surface area contributed by atoms with Crippen molar-refractivity contribution in [2.45, 2.75) is 193 Å². The zero-order chi connectivity index (χ0) is 24.3. The highest BCUT2D eigenvalue weighted by Crippen LogP contribution is 2.29. The van der Waals surface area contributed by atoms with Crippen LogP contribution in [0.25, 0.3) is 0 Å². The fourth-order valence-corrected chi connectivity index (χ4v) is 15.4. The highest BCUT2D eigenvalue weighted by atomic mass is 29.5. The molecule has 0 aromatic heterocycles. The lowest BCUT2D eigenvalue weighted by molar-refractivity contribution is 0.576. The largest absolute Gasteiger partial charge is 0.0654 e. The molecule has 0 saturated carbocycles. The summed E-state index contributed by atoms with van der Waals surface area (Å²) in [7, 11) is 4.18. The first-order valence-electron chi connectivity index (χ1n) is 15.7. The molecule has 33 heavy (non-hydrogen) atoms. The fraction of sp³-hybridized carbons (Fsp3) is 1.00. The predicted octanol–water partition coefficient (Wildman–Crippen LogP) is 11.1. The molecule has 0 bridgehead atoms. The number of unbranched alkanes of at least 4 members (excludes halogenated alkanes) is 21. The molecule has 0 aliphatic heterocycles. The Bertz CT molecular complexity index is 308. The van der Waals surface area contributed by atoms with Gasteiger partial charge in [0.05, 0.1) is 0 Å². The second-order valence-electron chi connectivity index (χ2n) is 11.1. The van der Waals surface area contributed by atoms with Gasteiger partial charge in [-0.2, -0.15) is 0 Å². The first-order valence-corrected chi connectivity index (χ1v) is 21.8. The Balaban J connectivity index is 4.23. The summed E-state index contributed by atoms with van der Waals surface area (Å²) in [5.74, 6) is 0. The summed E-state index contributed by atoms with van der Waals surface area (Å²) in [6.45, 7) is 6.97. The van der Waals surface area contributed by atoms with Crippen LogP contribution in [0.15, 0.2) is 0 Å². The van der Waals surface area contributed by atoms with Gasteiger partial charge in [-0.15, -0.1) is 0 Å². The average Bonchev–Trinajstić information content (AvgIpc) is 2.83. The molecule has 0 aliphatic rings. The molecule has 0 amide bonds. The van der Waals surface area contributed by atoms with E-state index in [4.69, 9.17) is 0 Å². The van der Waals surface area contributed by atoms with Crippen molar-refractivity contribution < 1.29 is 0 Å². The third-order valence-corrected chi connectivity index (χ3v) is 20.9. The van der Waals surface area contributed by atoms with Gasteiger partial charge in [-0.1, -0.05) is 193 Å². The van der Waals surface area contributed by atoms with Gasteiger partial charge in [0.25, 0.3) is 0 Å². The van der Waals surface area contributed by atoms with Crippen molar-refractivity contribution >= 4 is 25.9 Å². The van der Waals surface area contributed by atoms with Gasteiger partial charge >= 0.3 is 0 Å². The Morgan fingerprint density at radius 2 is 0.576 bits per heavy atom. The summed E-state index contributed by atoms with van der Waals surface area (Å²) in [5.41, 5.74) is 0. The molecule has 0 aromatic rings. The molecule has 0 fully saturated rings. The first-order chi connectivity index (χ1) is 16.2. The Morgan fingerprint density at radius 1 is 0.364 bits per heavy atom. The Morgan fingerprint density at radius 3 is 0.788 bits per heavy atom. The minimum atomic E-state index is -1.07. The lowest BCUT2D eigenvalue weighted by Gasteiger charge is -2.31. The third-order valence-electron chi connectivity index (χ3n) is 7.79. The van der Waals surface area contributed by atoms with E-state index in [1.165, 1.54) is 154 Å². The molecule has 0 unspecified atom stereocenters. The van der Waals surface area contributed by atoms with Gasteiger partial charge in [-0.05, 0) is 0 Å². The number of hydrogen-bond donors (Lipinski definition) is 0. The lowest BCUT2D eigenvalue weighted by Crippen LogP contribution is -2.42. The van der Waals surface area contributed by atoms with Crippen molar-refractivity contribution in [2.75, 3.05) is 0 Å². The van der Waals surface area contributed by atoms with Crippen LogP contribution in [0.1, 0.15) is 175 Å². The highest BCUT2D eigenvalue weighted by Gasteiger charge is 2.29. The Kier molecular flexibility index (Phi) is 27.8. The normalized spacial score (nSPS) is 12.0. The average molecular weight is 508 g/mol. The van der Waals surface area contributed by atoms with Gasteiger partial charge in [-0.3, -0.25) is 0 Å². The van der Waals surface area contributed by atoms with Crippen LogP contribution in [-0.2, 0) is 0 Å². The summed E-state index contributed by atoms with van der Waals surface area (Å²) in [5, 5.41) is 0. The van der Waals surface area contributed by atoms with Crippen LogP contribution in [0, 0.1) is 0 Å². The van der Waals surface area contributed by atoms with Crippen LogP contribution in [0.2, 0.25) is 18.1 Å². The predicted molar refractivity (Wildman–Crippen MR) is 160 cm³/mol. The van der Waals surface area contributed by atoms with Crippen molar-refractivity contribution in [3.63, 3.8) is 0 Å². The molecule has 195 valence electrons. The van der Waals surface area contributed by atoms with Crippen molar-refractivity contribution in [3.8, 4) is 0 Å². The molecule has 0 atom stereocenters. The van der Waals surface area contributed by atoms with Crippen LogP contribution < -0.4 is 0 Å². The van der Waals surface area contributed by atoms with E-state index in [1.807, 2.05) is 0 Å². The van der Waals surface area contributed by atoms with Crippen LogP contribution in [0.4, 0.5) is 0 Å². The van der Waals surface area contributed by atoms with Gasteiger partial charge in [0.15, 0.2) is 0 Å². The SMILES string of the molecule is CCCCCCCCCC[Si](CCCCCCCCCC)(CCCCCCCCCC)[Si][Si]. The highest BCUT2D eigenvalue weighted by molar-refractivity contribution is 7.40. The maximum Gasteiger partial charge on any atom is 0.0381 e. The van der Waals surface area contributed by atoms with E-state index in [0.29, 0.717) is 0 Å². The molecule has 5 radical (unpaired) electrons. The quantitative estimate of drug-likeness (QED) is 0.0729. The lowest BCUT2D eigenvalue weighted by atomic mass is 10.1. The summed E-state index contributed by atoms with van der Waals surface area (Å²) in [4.78, 5) is 0. The van der Waals surface area contributed by atoms with E-state index in [2.05, 4.69) is 30.5 Å². The van der Waals surface area contributed by atoms with Gasteiger partial charge in [-0.25, -0.2) is 0 Å². The molecule has 3 heteroatoms. The maximum absolute atomic E-state index is 4.15.